The van der Waals surface area contributed by atoms with E-state index in [1.54, 1.807) is 6.92 Å². The SMILES string of the molecule is CCNS(=O)(=O)CCNC(=O)C1(CC)CCCNC1. The zero-order valence-electron chi connectivity index (χ0n) is 11.8. The average Bonchev–Trinajstić information content (AvgIpc) is 2.39. The van der Waals surface area contributed by atoms with E-state index in [-0.39, 0.29) is 23.6 Å². The minimum absolute atomic E-state index is 0.0334. The lowest BCUT2D eigenvalue weighted by Crippen LogP contribution is -2.51. The number of nitrogens with one attached hydrogen (secondary N) is 3. The van der Waals surface area contributed by atoms with Crippen molar-refractivity contribution in [3.05, 3.63) is 0 Å². The summed E-state index contributed by atoms with van der Waals surface area (Å²) in [6.07, 6.45) is 2.62. The normalized spacial score (nSPS) is 24.1. The molecule has 1 fully saturated rings. The van der Waals surface area contributed by atoms with Gasteiger partial charge in [0.15, 0.2) is 0 Å². The Kier molecular flexibility index (Phi) is 6.22. The van der Waals surface area contributed by atoms with Crippen LogP contribution in [-0.2, 0) is 14.8 Å². The summed E-state index contributed by atoms with van der Waals surface area (Å²) in [5, 5.41) is 6.00. The molecule has 1 rings (SSSR count). The summed E-state index contributed by atoms with van der Waals surface area (Å²) in [7, 11) is -3.26. The van der Waals surface area contributed by atoms with Gasteiger partial charge in [-0.05, 0) is 25.8 Å². The Morgan fingerprint density at radius 2 is 2.11 bits per heavy atom. The maximum absolute atomic E-state index is 12.2. The van der Waals surface area contributed by atoms with Crippen molar-refractivity contribution in [1.82, 2.24) is 15.4 Å². The van der Waals surface area contributed by atoms with Gasteiger partial charge < -0.3 is 10.6 Å². The molecule has 1 unspecified atom stereocenters. The second-order valence-corrected chi connectivity index (χ2v) is 6.91. The molecule has 1 aliphatic rings. The van der Waals surface area contributed by atoms with Gasteiger partial charge in [-0.25, -0.2) is 13.1 Å². The van der Waals surface area contributed by atoms with Crippen molar-refractivity contribution in [2.45, 2.75) is 33.1 Å². The van der Waals surface area contributed by atoms with Crippen LogP contribution in [0.15, 0.2) is 0 Å². The van der Waals surface area contributed by atoms with Gasteiger partial charge in [-0.15, -0.1) is 0 Å². The van der Waals surface area contributed by atoms with Crippen LogP contribution in [0.3, 0.4) is 0 Å². The van der Waals surface area contributed by atoms with Crippen molar-refractivity contribution in [3.63, 3.8) is 0 Å². The zero-order valence-corrected chi connectivity index (χ0v) is 12.6. The zero-order chi connectivity index (χ0) is 14.4. The summed E-state index contributed by atoms with van der Waals surface area (Å²) in [5.41, 5.74) is -0.375. The van der Waals surface area contributed by atoms with E-state index in [1.807, 2.05) is 6.92 Å². The van der Waals surface area contributed by atoms with Gasteiger partial charge >= 0.3 is 0 Å². The highest BCUT2D eigenvalue weighted by Gasteiger charge is 2.37. The summed E-state index contributed by atoms with van der Waals surface area (Å²) in [6, 6.07) is 0. The van der Waals surface area contributed by atoms with E-state index in [2.05, 4.69) is 15.4 Å². The van der Waals surface area contributed by atoms with Crippen LogP contribution in [0.25, 0.3) is 0 Å². The summed E-state index contributed by atoms with van der Waals surface area (Å²) in [4.78, 5) is 12.2. The number of carbonyl (C=O) groups is 1. The molecule has 0 spiro atoms. The van der Waals surface area contributed by atoms with Crippen LogP contribution < -0.4 is 15.4 Å². The molecule has 112 valence electrons. The minimum Gasteiger partial charge on any atom is -0.355 e. The number of hydrogen-bond acceptors (Lipinski definition) is 4. The lowest BCUT2D eigenvalue weighted by Gasteiger charge is -2.35. The summed E-state index contributed by atoms with van der Waals surface area (Å²) in [6.45, 7) is 5.89. The molecule has 19 heavy (non-hydrogen) atoms. The van der Waals surface area contributed by atoms with E-state index in [9.17, 15) is 13.2 Å². The van der Waals surface area contributed by atoms with E-state index in [4.69, 9.17) is 0 Å². The molecule has 1 amide bonds. The summed E-state index contributed by atoms with van der Waals surface area (Å²) in [5.74, 6) is -0.103. The van der Waals surface area contributed by atoms with E-state index in [1.165, 1.54) is 0 Å². The first kappa shape index (κ1) is 16.4. The Morgan fingerprint density at radius 3 is 2.63 bits per heavy atom. The fraction of sp³-hybridized carbons (Fsp3) is 0.917. The molecular weight excluding hydrogens is 266 g/mol. The van der Waals surface area contributed by atoms with E-state index in [0.29, 0.717) is 13.1 Å². The van der Waals surface area contributed by atoms with Crippen molar-refractivity contribution < 1.29 is 13.2 Å². The van der Waals surface area contributed by atoms with Crippen LogP contribution in [0.5, 0.6) is 0 Å². The van der Waals surface area contributed by atoms with Gasteiger partial charge in [0.2, 0.25) is 15.9 Å². The molecule has 0 aliphatic carbocycles. The minimum atomic E-state index is -3.26. The van der Waals surface area contributed by atoms with Crippen molar-refractivity contribution in [2.24, 2.45) is 5.41 Å². The third kappa shape index (κ3) is 4.74. The van der Waals surface area contributed by atoms with Crippen LogP contribution in [0.1, 0.15) is 33.1 Å². The standard InChI is InChI=1S/C12H25N3O3S/c1-3-12(6-5-7-13-10-12)11(16)14-8-9-19(17,18)15-4-2/h13,15H,3-10H2,1-2H3,(H,14,16). The summed E-state index contributed by atoms with van der Waals surface area (Å²) >= 11 is 0. The van der Waals surface area contributed by atoms with Gasteiger partial charge in [0.25, 0.3) is 0 Å². The summed E-state index contributed by atoms with van der Waals surface area (Å²) < 4.78 is 25.3. The number of sulfonamides is 1. The van der Waals surface area contributed by atoms with Gasteiger partial charge in [0.1, 0.15) is 0 Å². The number of rotatable bonds is 7. The van der Waals surface area contributed by atoms with Crippen LogP contribution in [0, 0.1) is 5.41 Å². The van der Waals surface area contributed by atoms with Gasteiger partial charge in [-0.2, -0.15) is 0 Å². The Balaban J connectivity index is 2.46. The average molecular weight is 291 g/mol. The number of carbonyl (C=O) groups excluding carboxylic acids is 1. The molecule has 0 bridgehead atoms. The Hall–Kier alpha value is -0.660. The molecule has 0 aromatic carbocycles. The van der Waals surface area contributed by atoms with Crippen LogP contribution in [0.4, 0.5) is 0 Å². The first-order chi connectivity index (χ1) is 8.96. The molecular formula is C12H25N3O3S. The first-order valence-corrected chi connectivity index (χ1v) is 8.57. The Bertz CT molecular complexity index is 389. The largest absolute Gasteiger partial charge is 0.355 e. The van der Waals surface area contributed by atoms with E-state index in [0.717, 1.165) is 25.8 Å². The molecule has 7 heteroatoms. The predicted molar refractivity (Wildman–Crippen MR) is 75.3 cm³/mol. The van der Waals surface area contributed by atoms with Crippen molar-refractivity contribution in [1.29, 1.82) is 0 Å². The van der Waals surface area contributed by atoms with Gasteiger partial charge in [-0.1, -0.05) is 13.8 Å². The van der Waals surface area contributed by atoms with E-state index < -0.39 is 10.0 Å². The van der Waals surface area contributed by atoms with Crippen LogP contribution in [0.2, 0.25) is 0 Å². The number of piperidine rings is 1. The molecule has 3 N–H and O–H groups in total. The molecule has 0 aromatic rings. The van der Waals surface area contributed by atoms with Crippen molar-refractivity contribution >= 4 is 15.9 Å². The second-order valence-electron chi connectivity index (χ2n) is 4.99. The Morgan fingerprint density at radius 1 is 1.37 bits per heavy atom. The highest BCUT2D eigenvalue weighted by molar-refractivity contribution is 7.89. The maximum atomic E-state index is 12.2. The molecule has 1 heterocycles. The fourth-order valence-corrected chi connectivity index (χ4v) is 3.36. The van der Waals surface area contributed by atoms with Crippen molar-refractivity contribution in [3.8, 4) is 0 Å². The molecule has 6 nitrogen and oxygen atoms in total. The predicted octanol–water partition coefficient (Wildman–Crippen LogP) is -0.178. The number of hydrogen-bond donors (Lipinski definition) is 3. The van der Waals surface area contributed by atoms with Gasteiger partial charge in [-0.3, -0.25) is 4.79 Å². The van der Waals surface area contributed by atoms with Crippen LogP contribution >= 0.6 is 0 Å². The topological polar surface area (TPSA) is 87.3 Å². The lowest BCUT2D eigenvalue weighted by molar-refractivity contribution is -0.132. The third-order valence-corrected chi connectivity index (χ3v) is 5.12. The highest BCUT2D eigenvalue weighted by atomic mass is 32.2. The molecule has 0 radical (unpaired) electrons. The highest BCUT2D eigenvalue weighted by Crippen LogP contribution is 2.29. The van der Waals surface area contributed by atoms with Crippen LogP contribution in [-0.4, -0.2) is 46.3 Å². The number of amides is 1. The molecule has 1 aliphatic heterocycles. The smallest absolute Gasteiger partial charge is 0.227 e. The van der Waals surface area contributed by atoms with E-state index >= 15 is 0 Å². The second kappa shape index (κ2) is 7.21. The molecule has 1 saturated heterocycles. The lowest BCUT2D eigenvalue weighted by atomic mass is 9.77. The van der Waals surface area contributed by atoms with Gasteiger partial charge in [0.05, 0.1) is 11.2 Å². The monoisotopic (exact) mass is 291 g/mol. The Labute approximate surface area is 115 Å². The van der Waals surface area contributed by atoms with Gasteiger partial charge in [0, 0.05) is 19.6 Å². The molecule has 0 aromatic heterocycles. The molecule has 0 saturated carbocycles. The maximum Gasteiger partial charge on any atom is 0.227 e. The third-order valence-electron chi connectivity index (χ3n) is 3.65. The fourth-order valence-electron chi connectivity index (χ4n) is 2.40. The van der Waals surface area contributed by atoms with Crippen molar-refractivity contribution in [2.75, 3.05) is 31.9 Å². The molecule has 1 atom stereocenters. The quantitative estimate of drug-likeness (QED) is 0.607. The first-order valence-electron chi connectivity index (χ1n) is 6.92.